The monoisotopic (exact) mass is 355 g/mol. The molecule has 1 fully saturated rings. The first-order valence-corrected chi connectivity index (χ1v) is 8.65. The topological polar surface area (TPSA) is 107 Å². The highest BCUT2D eigenvalue weighted by Gasteiger charge is 2.32. The quantitative estimate of drug-likeness (QED) is 0.282. The molecule has 0 aromatic rings. The smallest absolute Gasteiger partial charge is 0.333 e. The summed E-state index contributed by atoms with van der Waals surface area (Å²) in [4.78, 5) is 61.5. The van der Waals surface area contributed by atoms with Gasteiger partial charge in [0.05, 0.1) is 6.42 Å². The number of ketones is 1. The fourth-order valence-corrected chi connectivity index (χ4v) is 2.50. The van der Waals surface area contributed by atoms with Gasteiger partial charge in [0, 0.05) is 25.7 Å². The summed E-state index contributed by atoms with van der Waals surface area (Å²) in [5, 5.41) is 0.457. The van der Waals surface area contributed by atoms with Crippen molar-refractivity contribution in [1.29, 1.82) is 0 Å². The second-order valence-electron chi connectivity index (χ2n) is 5.99. The molecule has 0 spiro atoms. The summed E-state index contributed by atoms with van der Waals surface area (Å²) >= 11 is 0. The summed E-state index contributed by atoms with van der Waals surface area (Å²) < 4.78 is 4.92. The van der Waals surface area contributed by atoms with Crippen LogP contribution in [0.2, 0.25) is 0 Å². The maximum atomic E-state index is 11.9. The fourth-order valence-electron chi connectivity index (χ4n) is 2.50. The number of hydrogen-bond donors (Lipinski definition) is 0. The predicted octanol–water partition coefficient (Wildman–Crippen LogP) is 1.84. The number of carbonyl (C=O) groups excluding carboxylic acids is 5. The van der Waals surface area contributed by atoms with E-state index in [1.807, 2.05) is 0 Å². The second-order valence-corrected chi connectivity index (χ2v) is 5.99. The Labute approximate surface area is 146 Å². The SMILES string of the molecule is CCCCCCC(CC(=O)CCC(=O)ON1C(=O)CCC1=O)OC=O. The van der Waals surface area contributed by atoms with Gasteiger partial charge in [-0.05, 0) is 12.8 Å². The second kappa shape index (κ2) is 11.3. The first kappa shape index (κ1) is 20.8. The average Bonchev–Trinajstić information content (AvgIpc) is 2.89. The van der Waals surface area contributed by atoms with Crippen LogP contribution in [-0.4, -0.2) is 41.2 Å². The highest BCUT2D eigenvalue weighted by atomic mass is 16.7. The van der Waals surface area contributed by atoms with Gasteiger partial charge in [-0.15, -0.1) is 5.06 Å². The largest absolute Gasteiger partial charge is 0.464 e. The number of ether oxygens (including phenoxy) is 1. The van der Waals surface area contributed by atoms with E-state index in [4.69, 9.17) is 4.74 Å². The number of carbonyl (C=O) groups is 5. The lowest BCUT2D eigenvalue weighted by atomic mass is 10.0. The average molecular weight is 355 g/mol. The highest BCUT2D eigenvalue weighted by Crippen LogP contribution is 2.15. The zero-order valence-electron chi connectivity index (χ0n) is 14.5. The maximum absolute atomic E-state index is 11.9. The molecule has 2 amide bonds. The van der Waals surface area contributed by atoms with Crippen molar-refractivity contribution in [2.75, 3.05) is 0 Å². The Morgan fingerprint density at radius 3 is 2.40 bits per heavy atom. The predicted molar refractivity (Wildman–Crippen MR) is 85.7 cm³/mol. The molecule has 0 saturated carbocycles. The highest BCUT2D eigenvalue weighted by molar-refractivity contribution is 6.01. The molecule has 0 aromatic heterocycles. The molecular formula is C17H25NO7. The molecule has 25 heavy (non-hydrogen) atoms. The van der Waals surface area contributed by atoms with Crippen LogP contribution in [0, 0.1) is 0 Å². The van der Waals surface area contributed by atoms with Crippen LogP contribution >= 0.6 is 0 Å². The molecule has 1 aliphatic rings. The Bertz CT molecular complexity index is 487. The third-order valence-corrected chi connectivity index (χ3v) is 3.89. The molecule has 1 heterocycles. The van der Waals surface area contributed by atoms with Crippen molar-refractivity contribution in [2.24, 2.45) is 0 Å². The van der Waals surface area contributed by atoms with Crippen molar-refractivity contribution in [3.8, 4) is 0 Å². The molecule has 8 nitrogen and oxygen atoms in total. The summed E-state index contributed by atoms with van der Waals surface area (Å²) in [6.07, 6.45) is 3.91. The Hall–Kier alpha value is -2.25. The molecule has 0 bridgehead atoms. The normalized spacial score (nSPS) is 15.2. The molecule has 1 unspecified atom stereocenters. The van der Waals surface area contributed by atoms with Gasteiger partial charge in [0.1, 0.15) is 11.9 Å². The van der Waals surface area contributed by atoms with Crippen LogP contribution in [-0.2, 0) is 33.5 Å². The summed E-state index contributed by atoms with van der Waals surface area (Å²) in [7, 11) is 0. The number of unbranched alkanes of at least 4 members (excludes halogenated alkanes) is 3. The van der Waals surface area contributed by atoms with Crippen molar-refractivity contribution in [2.45, 2.75) is 77.2 Å². The number of rotatable bonds is 13. The van der Waals surface area contributed by atoms with Crippen LogP contribution < -0.4 is 0 Å². The van der Waals surface area contributed by atoms with Gasteiger partial charge in [0.25, 0.3) is 18.3 Å². The van der Waals surface area contributed by atoms with E-state index in [9.17, 15) is 24.0 Å². The van der Waals surface area contributed by atoms with Gasteiger partial charge in [0.15, 0.2) is 0 Å². The molecule has 140 valence electrons. The molecule has 0 aromatic carbocycles. The zero-order valence-corrected chi connectivity index (χ0v) is 14.5. The third kappa shape index (κ3) is 7.91. The van der Waals surface area contributed by atoms with Gasteiger partial charge in [-0.25, -0.2) is 4.79 Å². The van der Waals surface area contributed by atoms with Gasteiger partial charge >= 0.3 is 5.97 Å². The van der Waals surface area contributed by atoms with E-state index in [2.05, 4.69) is 11.8 Å². The minimum absolute atomic E-state index is 0.0216. The van der Waals surface area contributed by atoms with Crippen molar-refractivity contribution < 1.29 is 33.5 Å². The third-order valence-electron chi connectivity index (χ3n) is 3.89. The molecule has 0 N–H and O–H groups in total. The maximum Gasteiger partial charge on any atom is 0.333 e. The Balaban J connectivity index is 2.30. The molecule has 1 rings (SSSR count). The van der Waals surface area contributed by atoms with E-state index in [1.54, 1.807) is 0 Å². The van der Waals surface area contributed by atoms with Gasteiger partial charge in [-0.1, -0.05) is 26.2 Å². The lowest BCUT2D eigenvalue weighted by Crippen LogP contribution is -2.32. The summed E-state index contributed by atoms with van der Waals surface area (Å²) in [5.41, 5.74) is 0. The summed E-state index contributed by atoms with van der Waals surface area (Å²) in [6.45, 7) is 2.42. The van der Waals surface area contributed by atoms with Crippen molar-refractivity contribution >= 4 is 30.0 Å². The van der Waals surface area contributed by atoms with Crippen LogP contribution in [0.4, 0.5) is 0 Å². The van der Waals surface area contributed by atoms with Crippen molar-refractivity contribution in [1.82, 2.24) is 5.06 Å². The van der Waals surface area contributed by atoms with Crippen molar-refractivity contribution in [3.05, 3.63) is 0 Å². The lowest BCUT2D eigenvalue weighted by molar-refractivity contribution is -0.197. The van der Waals surface area contributed by atoms with E-state index in [0.717, 1.165) is 25.7 Å². The standard InChI is InChI=1S/C17H25NO7/c1-2-3-4-5-6-14(24-12-19)11-13(20)7-10-17(23)25-18-15(21)8-9-16(18)22/h12,14H,2-11H2,1H3. The molecule has 0 aliphatic carbocycles. The number of hydroxylamine groups is 2. The van der Waals surface area contributed by atoms with E-state index in [0.29, 0.717) is 18.0 Å². The van der Waals surface area contributed by atoms with E-state index >= 15 is 0 Å². The van der Waals surface area contributed by atoms with Crippen molar-refractivity contribution in [3.63, 3.8) is 0 Å². The first-order valence-electron chi connectivity index (χ1n) is 8.65. The van der Waals surface area contributed by atoms with E-state index in [1.165, 1.54) is 0 Å². The lowest BCUT2D eigenvalue weighted by Gasteiger charge is -2.15. The first-order chi connectivity index (χ1) is 12.0. The number of amides is 2. The number of imide groups is 1. The fraction of sp³-hybridized carbons (Fsp3) is 0.706. The Morgan fingerprint density at radius 1 is 1.12 bits per heavy atom. The summed E-state index contributed by atoms with van der Waals surface area (Å²) in [5.74, 6) is -2.17. The minimum atomic E-state index is -0.812. The zero-order chi connectivity index (χ0) is 18.7. The van der Waals surface area contributed by atoms with Gasteiger partial charge < -0.3 is 9.57 Å². The van der Waals surface area contributed by atoms with Gasteiger partial charge in [-0.3, -0.25) is 19.2 Å². The van der Waals surface area contributed by atoms with Gasteiger partial charge in [-0.2, -0.15) is 0 Å². The van der Waals surface area contributed by atoms with Crippen LogP contribution in [0.1, 0.15) is 71.1 Å². The Morgan fingerprint density at radius 2 is 1.80 bits per heavy atom. The molecule has 1 aliphatic heterocycles. The van der Waals surface area contributed by atoms with Crippen LogP contribution in [0.5, 0.6) is 0 Å². The summed E-state index contributed by atoms with van der Waals surface area (Å²) in [6, 6.07) is 0. The molecular weight excluding hydrogens is 330 g/mol. The number of nitrogens with zero attached hydrogens (tertiary/aromatic N) is 1. The molecule has 0 radical (unpaired) electrons. The van der Waals surface area contributed by atoms with E-state index < -0.39 is 23.9 Å². The Kier molecular flexibility index (Phi) is 9.42. The van der Waals surface area contributed by atoms with Crippen LogP contribution in [0.25, 0.3) is 0 Å². The van der Waals surface area contributed by atoms with Crippen LogP contribution in [0.3, 0.4) is 0 Å². The number of hydrogen-bond acceptors (Lipinski definition) is 7. The molecule has 1 saturated heterocycles. The minimum Gasteiger partial charge on any atom is -0.464 e. The van der Waals surface area contributed by atoms with E-state index in [-0.39, 0.29) is 37.9 Å². The van der Waals surface area contributed by atoms with Crippen LogP contribution in [0.15, 0.2) is 0 Å². The van der Waals surface area contributed by atoms with Gasteiger partial charge in [0.2, 0.25) is 0 Å². The molecule has 1 atom stereocenters. The molecule has 8 heteroatoms. The number of Topliss-reactive ketones (excluding diaryl/α,β-unsaturated/α-hetero) is 1.